The fourth-order valence-electron chi connectivity index (χ4n) is 2.29. The van der Waals surface area contributed by atoms with Crippen LogP contribution < -0.4 is 10.6 Å². The molecule has 0 radical (unpaired) electrons. The van der Waals surface area contributed by atoms with Gasteiger partial charge in [-0.3, -0.25) is 4.79 Å². The number of hydrogen-bond acceptors (Lipinski definition) is 3. The van der Waals surface area contributed by atoms with E-state index in [-0.39, 0.29) is 5.91 Å². The molecule has 1 saturated heterocycles. The Bertz CT molecular complexity index is 350. The summed E-state index contributed by atoms with van der Waals surface area (Å²) in [5, 5.41) is 8.66. The normalized spacial score (nSPS) is 22.9. The van der Waals surface area contributed by atoms with Crippen molar-refractivity contribution in [1.82, 2.24) is 10.6 Å². The van der Waals surface area contributed by atoms with E-state index in [1.165, 1.54) is 4.88 Å². The fraction of sp³-hybridized carbons (Fsp3) is 0.615. The van der Waals surface area contributed by atoms with Crippen molar-refractivity contribution in [3.05, 3.63) is 22.4 Å². The summed E-state index contributed by atoms with van der Waals surface area (Å²) in [4.78, 5) is 12.9. The smallest absolute Gasteiger partial charge is 0.221 e. The zero-order valence-corrected chi connectivity index (χ0v) is 11.1. The minimum Gasteiger partial charge on any atom is -0.356 e. The zero-order valence-electron chi connectivity index (χ0n) is 10.2. The monoisotopic (exact) mass is 252 g/mol. The number of rotatable bonds is 4. The lowest BCUT2D eigenvalue weighted by molar-refractivity contribution is -0.121. The molecule has 2 atom stereocenters. The molecule has 2 unspecified atom stereocenters. The largest absolute Gasteiger partial charge is 0.356 e. The molecule has 1 aliphatic heterocycles. The van der Waals surface area contributed by atoms with E-state index in [9.17, 15) is 4.79 Å². The highest BCUT2D eigenvalue weighted by Gasteiger charge is 2.20. The van der Waals surface area contributed by atoms with E-state index in [0.717, 1.165) is 25.8 Å². The summed E-state index contributed by atoms with van der Waals surface area (Å²) in [6.45, 7) is 3.01. The molecular formula is C13H20N2OS. The Kier molecular flexibility index (Phi) is 4.57. The number of hydrogen-bond donors (Lipinski definition) is 2. The van der Waals surface area contributed by atoms with Crippen molar-refractivity contribution in [2.75, 3.05) is 6.54 Å². The van der Waals surface area contributed by atoms with E-state index in [2.05, 4.69) is 35.1 Å². The van der Waals surface area contributed by atoms with Gasteiger partial charge in [0.15, 0.2) is 0 Å². The van der Waals surface area contributed by atoms with Crippen molar-refractivity contribution < 1.29 is 4.79 Å². The van der Waals surface area contributed by atoms with Crippen LogP contribution in [0, 0.1) is 0 Å². The van der Waals surface area contributed by atoms with E-state index in [4.69, 9.17) is 0 Å². The second-order valence-corrected chi connectivity index (χ2v) is 5.52. The molecule has 1 fully saturated rings. The van der Waals surface area contributed by atoms with Gasteiger partial charge < -0.3 is 10.6 Å². The predicted octanol–water partition coefficient (Wildman–Crippen LogP) is 2.46. The first-order valence-electron chi connectivity index (χ1n) is 6.35. The van der Waals surface area contributed by atoms with Gasteiger partial charge in [0.2, 0.25) is 5.91 Å². The van der Waals surface area contributed by atoms with E-state index < -0.39 is 0 Å². The van der Waals surface area contributed by atoms with Crippen LogP contribution in [-0.2, 0) is 4.79 Å². The fourth-order valence-corrected chi connectivity index (χ4v) is 3.16. The Morgan fingerprint density at radius 1 is 1.65 bits per heavy atom. The van der Waals surface area contributed by atoms with Crippen LogP contribution in [0.15, 0.2) is 17.5 Å². The van der Waals surface area contributed by atoms with Crippen LogP contribution >= 0.6 is 11.3 Å². The Hall–Kier alpha value is -0.870. The van der Waals surface area contributed by atoms with Crippen LogP contribution in [0.25, 0.3) is 0 Å². The maximum absolute atomic E-state index is 11.5. The van der Waals surface area contributed by atoms with Crippen LogP contribution in [0.5, 0.6) is 0 Å². The summed E-state index contributed by atoms with van der Waals surface area (Å²) >= 11 is 1.79. The van der Waals surface area contributed by atoms with Crippen molar-refractivity contribution in [2.24, 2.45) is 0 Å². The Morgan fingerprint density at radius 2 is 2.53 bits per heavy atom. The van der Waals surface area contributed by atoms with Gasteiger partial charge in [-0.1, -0.05) is 13.0 Å². The number of nitrogens with one attached hydrogen (secondary N) is 2. The van der Waals surface area contributed by atoms with Gasteiger partial charge in [0, 0.05) is 29.9 Å². The van der Waals surface area contributed by atoms with Crippen molar-refractivity contribution in [3.8, 4) is 0 Å². The molecule has 1 amide bonds. The molecule has 0 saturated carbocycles. The van der Waals surface area contributed by atoms with E-state index in [0.29, 0.717) is 18.5 Å². The molecule has 1 aliphatic rings. The number of carbonyl (C=O) groups is 1. The van der Waals surface area contributed by atoms with Crippen LogP contribution in [-0.4, -0.2) is 18.5 Å². The van der Waals surface area contributed by atoms with E-state index >= 15 is 0 Å². The summed E-state index contributed by atoms with van der Waals surface area (Å²) in [6.07, 6.45) is 3.84. The van der Waals surface area contributed by atoms with Gasteiger partial charge in [0.05, 0.1) is 0 Å². The molecule has 0 spiro atoms. The Morgan fingerprint density at radius 3 is 3.24 bits per heavy atom. The van der Waals surface area contributed by atoms with Crippen LogP contribution in [0.1, 0.15) is 43.5 Å². The molecule has 17 heavy (non-hydrogen) atoms. The third-order valence-electron chi connectivity index (χ3n) is 3.22. The third kappa shape index (κ3) is 3.54. The van der Waals surface area contributed by atoms with E-state index in [1.54, 1.807) is 11.3 Å². The first-order valence-corrected chi connectivity index (χ1v) is 7.23. The standard InChI is InChI=1S/C13H20N2OS/c1-2-11(12-6-4-8-17-12)15-10-5-3-7-14-13(16)9-10/h4,6,8,10-11,15H,2-3,5,7,9H2,1H3,(H,14,16). The van der Waals surface area contributed by atoms with Crippen molar-refractivity contribution in [2.45, 2.75) is 44.7 Å². The molecule has 2 N–H and O–H groups in total. The van der Waals surface area contributed by atoms with E-state index in [1.807, 2.05) is 0 Å². The highest BCUT2D eigenvalue weighted by molar-refractivity contribution is 7.10. The molecule has 4 heteroatoms. The molecule has 1 aromatic heterocycles. The summed E-state index contributed by atoms with van der Waals surface area (Å²) in [7, 11) is 0. The molecule has 0 aromatic carbocycles. The van der Waals surface area contributed by atoms with Gasteiger partial charge in [0.1, 0.15) is 0 Å². The lowest BCUT2D eigenvalue weighted by atomic mass is 10.1. The lowest BCUT2D eigenvalue weighted by Gasteiger charge is -2.22. The zero-order chi connectivity index (χ0) is 12.1. The molecule has 94 valence electrons. The predicted molar refractivity (Wildman–Crippen MR) is 71.1 cm³/mol. The highest BCUT2D eigenvalue weighted by Crippen LogP contribution is 2.23. The number of thiophene rings is 1. The SMILES string of the molecule is CCC(NC1CCCNC(=O)C1)c1cccs1. The maximum atomic E-state index is 11.5. The van der Waals surface area contributed by atoms with Gasteiger partial charge >= 0.3 is 0 Å². The van der Waals surface area contributed by atoms with Crippen LogP contribution in [0.3, 0.4) is 0 Å². The first kappa shape index (κ1) is 12.6. The van der Waals surface area contributed by atoms with Crippen LogP contribution in [0.4, 0.5) is 0 Å². The summed E-state index contributed by atoms with van der Waals surface area (Å²) in [6, 6.07) is 4.97. The number of carbonyl (C=O) groups excluding carboxylic acids is 1. The molecular weight excluding hydrogens is 232 g/mol. The summed E-state index contributed by atoms with van der Waals surface area (Å²) < 4.78 is 0. The number of amides is 1. The minimum atomic E-state index is 0.182. The molecule has 2 rings (SSSR count). The van der Waals surface area contributed by atoms with Gasteiger partial charge in [-0.15, -0.1) is 11.3 Å². The maximum Gasteiger partial charge on any atom is 0.221 e. The Labute approximate surface area is 107 Å². The third-order valence-corrected chi connectivity index (χ3v) is 4.20. The summed E-state index contributed by atoms with van der Waals surface area (Å²) in [5.74, 6) is 0.182. The van der Waals surface area contributed by atoms with Crippen molar-refractivity contribution in [3.63, 3.8) is 0 Å². The molecule has 1 aromatic rings. The molecule has 2 heterocycles. The second kappa shape index (κ2) is 6.17. The highest BCUT2D eigenvalue weighted by atomic mass is 32.1. The van der Waals surface area contributed by atoms with Gasteiger partial charge in [-0.25, -0.2) is 0 Å². The minimum absolute atomic E-state index is 0.182. The Balaban J connectivity index is 1.95. The second-order valence-electron chi connectivity index (χ2n) is 4.54. The summed E-state index contributed by atoms with van der Waals surface area (Å²) in [5.41, 5.74) is 0. The lowest BCUT2D eigenvalue weighted by Crippen LogP contribution is -2.34. The quantitative estimate of drug-likeness (QED) is 0.864. The molecule has 3 nitrogen and oxygen atoms in total. The molecule has 0 aliphatic carbocycles. The average Bonchev–Trinajstić information content (AvgIpc) is 2.77. The van der Waals surface area contributed by atoms with Crippen molar-refractivity contribution in [1.29, 1.82) is 0 Å². The average molecular weight is 252 g/mol. The topological polar surface area (TPSA) is 41.1 Å². The van der Waals surface area contributed by atoms with Gasteiger partial charge in [0.25, 0.3) is 0 Å². The van der Waals surface area contributed by atoms with Gasteiger partial charge in [-0.2, -0.15) is 0 Å². The molecule has 0 bridgehead atoms. The van der Waals surface area contributed by atoms with Crippen molar-refractivity contribution >= 4 is 17.2 Å². The first-order chi connectivity index (χ1) is 8.29. The van der Waals surface area contributed by atoms with Crippen LogP contribution in [0.2, 0.25) is 0 Å². The van der Waals surface area contributed by atoms with Gasteiger partial charge in [-0.05, 0) is 30.7 Å².